The van der Waals surface area contributed by atoms with E-state index < -0.39 is 10.0 Å². The molecule has 0 aliphatic rings. The lowest BCUT2D eigenvalue weighted by molar-refractivity contribution is 0.533. The van der Waals surface area contributed by atoms with E-state index in [1.165, 1.54) is 77.0 Å². The van der Waals surface area contributed by atoms with E-state index in [2.05, 4.69) is 16.6 Å². The zero-order valence-corrected chi connectivity index (χ0v) is 21.8. The predicted molar refractivity (Wildman–Crippen MR) is 137 cm³/mol. The third-order valence-corrected chi connectivity index (χ3v) is 9.13. The molecule has 1 heterocycles. The largest absolute Gasteiger partial charge is 0.240 e. The Bertz CT molecular complexity index is 850. The van der Waals surface area contributed by atoms with Crippen LogP contribution in [0.5, 0.6) is 0 Å². The van der Waals surface area contributed by atoms with Crippen molar-refractivity contribution in [3.8, 4) is 0 Å². The van der Waals surface area contributed by atoms with Crippen LogP contribution >= 0.6 is 23.1 Å². The average molecular weight is 485 g/mol. The first-order valence-electron chi connectivity index (χ1n) is 12.0. The lowest BCUT2D eigenvalue weighted by Crippen LogP contribution is -2.24. The van der Waals surface area contributed by atoms with Crippen LogP contribution in [0.4, 0.5) is 0 Å². The molecule has 0 unspecified atom stereocenters. The smallest absolute Gasteiger partial charge is 0.230 e. The van der Waals surface area contributed by atoms with Gasteiger partial charge < -0.3 is 0 Å². The molecule has 0 saturated heterocycles. The van der Waals surface area contributed by atoms with Crippen LogP contribution in [0.1, 0.15) is 96.8 Å². The van der Waals surface area contributed by atoms with E-state index in [1.54, 1.807) is 35.2 Å². The predicted octanol–water partition coefficient (Wildman–Crippen LogP) is 7.78. The highest BCUT2D eigenvalue weighted by molar-refractivity contribution is 8.00. The maximum absolute atomic E-state index is 12.5. The van der Waals surface area contributed by atoms with Crippen LogP contribution in [0.25, 0.3) is 10.2 Å². The van der Waals surface area contributed by atoms with E-state index in [1.807, 2.05) is 12.3 Å². The Morgan fingerprint density at radius 3 is 1.97 bits per heavy atom. The molecule has 1 N–H and O–H groups in total. The van der Waals surface area contributed by atoms with Gasteiger partial charge in [0.15, 0.2) is 4.34 Å². The second-order valence-corrected chi connectivity index (χ2v) is 12.2. The second kappa shape index (κ2) is 15.3. The monoisotopic (exact) mass is 484 g/mol. The van der Waals surface area contributed by atoms with Gasteiger partial charge in [-0.3, -0.25) is 0 Å². The quantitative estimate of drug-likeness (QED) is 0.173. The van der Waals surface area contributed by atoms with Crippen LogP contribution in [0.3, 0.4) is 0 Å². The molecular weight excluding hydrogens is 444 g/mol. The summed E-state index contributed by atoms with van der Waals surface area (Å²) in [7, 11) is -3.46. The van der Waals surface area contributed by atoms with Crippen molar-refractivity contribution in [1.82, 2.24) is 9.71 Å². The van der Waals surface area contributed by atoms with Crippen molar-refractivity contribution in [3.05, 3.63) is 18.2 Å². The Morgan fingerprint density at radius 1 is 0.871 bits per heavy atom. The molecule has 31 heavy (non-hydrogen) atoms. The molecule has 0 aliphatic carbocycles. The van der Waals surface area contributed by atoms with Crippen molar-refractivity contribution in [2.24, 2.45) is 0 Å². The van der Waals surface area contributed by atoms with Crippen LogP contribution in [0.15, 0.2) is 27.4 Å². The highest BCUT2D eigenvalue weighted by Gasteiger charge is 2.15. The van der Waals surface area contributed by atoms with Gasteiger partial charge in [0.1, 0.15) is 0 Å². The molecule has 7 heteroatoms. The number of nitrogens with zero attached hydrogens (tertiary/aromatic N) is 1. The molecule has 0 fully saturated rings. The van der Waals surface area contributed by atoms with E-state index in [9.17, 15) is 8.42 Å². The van der Waals surface area contributed by atoms with Crippen LogP contribution in [-0.4, -0.2) is 26.2 Å². The lowest BCUT2D eigenvalue weighted by Gasteiger charge is -2.07. The maximum atomic E-state index is 12.5. The highest BCUT2D eigenvalue weighted by atomic mass is 32.2. The second-order valence-electron chi connectivity index (χ2n) is 8.31. The van der Waals surface area contributed by atoms with Crippen LogP contribution < -0.4 is 4.72 Å². The Labute approximate surface area is 198 Å². The minimum Gasteiger partial charge on any atom is -0.230 e. The van der Waals surface area contributed by atoms with E-state index in [4.69, 9.17) is 0 Å². The molecule has 1 aromatic heterocycles. The van der Waals surface area contributed by atoms with Gasteiger partial charge in [0.2, 0.25) is 10.0 Å². The summed E-state index contributed by atoms with van der Waals surface area (Å²) in [5, 5.41) is 0. The molecule has 0 bridgehead atoms. The van der Waals surface area contributed by atoms with Gasteiger partial charge in [-0.1, -0.05) is 102 Å². The fourth-order valence-corrected chi connectivity index (χ4v) is 6.31. The van der Waals surface area contributed by atoms with Crippen LogP contribution in [-0.2, 0) is 10.0 Å². The summed E-state index contributed by atoms with van der Waals surface area (Å²) in [6, 6.07) is 5.21. The van der Waals surface area contributed by atoms with Crippen molar-refractivity contribution < 1.29 is 8.42 Å². The van der Waals surface area contributed by atoms with E-state index >= 15 is 0 Å². The van der Waals surface area contributed by atoms with Gasteiger partial charge in [0.05, 0.1) is 15.1 Å². The number of sulfonamides is 1. The Balaban J connectivity index is 1.51. The molecule has 4 nitrogen and oxygen atoms in total. The number of rotatable bonds is 18. The van der Waals surface area contributed by atoms with Crippen molar-refractivity contribution in [2.75, 3.05) is 12.8 Å². The summed E-state index contributed by atoms with van der Waals surface area (Å²) in [4.78, 5) is 4.78. The van der Waals surface area contributed by atoms with Gasteiger partial charge in [-0.05, 0) is 30.9 Å². The van der Waals surface area contributed by atoms with Gasteiger partial charge in [-0.25, -0.2) is 18.1 Å². The maximum Gasteiger partial charge on any atom is 0.240 e. The number of benzene rings is 1. The van der Waals surface area contributed by atoms with E-state index in [0.717, 1.165) is 27.4 Å². The van der Waals surface area contributed by atoms with Crippen molar-refractivity contribution in [1.29, 1.82) is 0 Å². The number of hydrogen-bond acceptors (Lipinski definition) is 5. The first-order valence-corrected chi connectivity index (χ1v) is 15.5. The molecule has 0 atom stereocenters. The Morgan fingerprint density at radius 2 is 1.42 bits per heavy atom. The van der Waals surface area contributed by atoms with Crippen molar-refractivity contribution >= 4 is 43.3 Å². The van der Waals surface area contributed by atoms with E-state index in [0.29, 0.717) is 11.4 Å². The number of hydrogen-bond donors (Lipinski definition) is 1. The molecule has 0 spiro atoms. The number of nitrogens with one attached hydrogen (secondary N) is 1. The molecule has 2 rings (SSSR count). The Kier molecular flexibility index (Phi) is 13.1. The summed E-state index contributed by atoms with van der Waals surface area (Å²) >= 11 is 3.18. The highest BCUT2D eigenvalue weighted by Crippen LogP contribution is 2.29. The van der Waals surface area contributed by atoms with Gasteiger partial charge in [-0.2, -0.15) is 0 Å². The summed E-state index contributed by atoms with van der Waals surface area (Å²) in [6.45, 7) is 2.77. The van der Waals surface area contributed by atoms with Gasteiger partial charge in [0, 0.05) is 6.54 Å². The fraction of sp³-hybridized carbons (Fsp3) is 0.708. The van der Waals surface area contributed by atoms with Gasteiger partial charge in [-0.15, -0.1) is 11.3 Å². The molecule has 0 amide bonds. The molecule has 0 radical (unpaired) electrons. The average Bonchev–Trinajstić information content (AvgIpc) is 3.19. The van der Waals surface area contributed by atoms with Gasteiger partial charge >= 0.3 is 0 Å². The number of thiazole rings is 1. The molecule has 2 aromatic rings. The topological polar surface area (TPSA) is 59.1 Å². The van der Waals surface area contributed by atoms with Crippen LogP contribution in [0, 0.1) is 0 Å². The molecular formula is C24H40N2O2S3. The molecule has 0 saturated carbocycles. The fourth-order valence-electron chi connectivity index (χ4n) is 3.75. The van der Waals surface area contributed by atoms with E-state index in [-0.39, 0.29) is 0 Å². The molecule has 176 valence electrons. The summed E-state index contributed by atoms with van der Waals surface area (Å²) < 4.78 is 29.8. The van der Waals surface area contributed by atoms with Crippen molar-refractivity contribution in [3.63, 3.8) is 0 Å². The molecule has 0 aliphatic heterocycles. The third-order valence-electron chi connectivity index (χ3n) is 5.65. The first-order chi connectivity index (χ1) is 15.1. The zero-order valence-electron chi connectivity index (χ0n) is 19.3. The lowest BCUT2D eigenvalue weighted by atomic mass is 10.0. The SMILES string of the molecule is CCCCCCCCCCCCCCCCNS(=O)(=O)c1ccc2sc(SC)nc2c1. The standard InChI is InChI=1S/C24H40N2O2S3/c1-3-4-5-6-7-8-9-10-11-12-13-14-15-16-19-25-31(27,28)21-17-18-23-22(20-21)26-24(29-2)30-23/h17-18,20,25H,3-16,19H2,1-2H3. The summed E-state index contributed by atoms with van der Waals surface area (Å²) in [6.07, 6.45) is 20.2. The normalized spacial score (nSPS) is 12.1. The summed E-state index contributed by atoms with van der Waals surface area (Å²) in [5.74, 6) is 0. The Hall–Kier alpha value is -0.630. The van der Waals surface area contributed by atoms with Crippen LogP contribution in [0.2, 0.25) is 0 Å². The first kappa shape index (κ1) is 26.6. The number of unbranched alkanes of at least 4 members (excludes halogenated alkanes) is 13. The number of aromatic nitrogens is 1. The molecule has 1 aromatic carbocycles. The van der Waals surface area contributed by atoms with Crippen molar-refractivity contribution in [2.45, 2.75) is 106 Å². The number of fused-ring (bicyclic) bond motifs is 1. The number of thioether (sulfide) groups is 1. The third kappa shape index (κ3) is 10.2. The van der Waals surface area contributed by atoms with Gasteiger partial charge in [0.25, 0.3) is 0 Å². The summed E-state index contributed by atoms with van der Waals surface area (Å²) in [5.41, 5.74) is 0.758. The minimum atomic E-state index is -3.46. The minimum absolute atomic E-state index is 0.309. The zero-order chi connectivity index (χ0) is 22.4.